The maximum absolute atomic E-state index is 8.97. The van der Waals surface area contributed by atoms with Gasteiger partial charge in [-0.2, -0.15) is 0 Å². The van der Waals surface area contributed by atoms with E-state index in [1.54, 1.807) is 12.5 Å². The Balaban J connectivity index is 0.00000112. The maximum atomic E-state index is 8.97. The van der Waals surface area contributed by atoms with Crippen molar-refractivity contribution in [3.8, 4) is 0 Å². The van der Waals surface area contributed by atoms with Gasteiger partial charge in [0, 0.05) is 24.3 Å². The molecule has 0 aromatic carbocycles. The van der Waals surface area contributed by atoms with E-state index in [1.165, 1.54) is 24.8 Å². The van der Waals surface area contributed by atoms with Crippen LogP contribution in [0.5, 0.6) is 0 Å². The Hall–Kier alpha value is -0.510. The van der Waals surface area contributed by atoms with E-state index in [2.05, 4.69) is 5.32 Å². The molecule has 3 nitrogen and oxygen atoms in total. The minimum Gasteiger partial charge on any atom is -0.472 e. The minimum atomic E-state index is 0. The summed E-state index contributed by atoms with van der Waals surface area (Å²) in [6, 6.07) is 1.97. The highest BCUT2D eigenvalue weighted by Gasteiger charge is 2.35. The molecule has 15 heavy (non-hydrogen) atoms. The predicted octanol–water partition coefficient (Wildman–Crippen LogP) is 2.10. The van der Waals surface area contributed by atoms with Gasteiger partial charge in [0.1, 0.15) is 0 Å². The van der Waals surface area contributed by atoms with Crippen molar-refractivity contribution in [3.63, 3.8) is 0 Å². The summed E-state index contributed by atoms with van der Waals surface area (Å²) in [4.78, 5) is 0. The second-order valence-corrected chi connectivity index (χ2v) is 4.09. The molecule has 86 valence electrons. The number of halogens is 1. The van der Waals surface area contributed by atoms with E-state index in [0.717, 1.165) is 13.0 Å². The number of hydrogen-bond donors (Lipinski definition) is 2. The molecular formula is C11H18ClNO2. The van der Waals surface area contributed by atoms with Gasteiger partial charge in [0.25, 0.3) is 0 Å². The zero-order valence-corrected chi connectivity index (χ0v) is 9.55. The molecular weight excluding hydrogens is 214 g/mol. The van der Waals surface area contributed by atoms with Gasteiger partial charge >= 0.3 is 0 Å². The topological polar surface area (TPSA) is 45.4 Å². The van der Waals surface area contributed by atoms with Crippen LogP contribution in [0.2, 0.25) is 0 Å². The number of rotatable bonds is 5. The zero-order valence-electron chi connectivity index (χ0n) is 8.74. The lowest BCUT2D eigenvalue weighted by atomic mass is 9.74. The highest BCUT2D eigenvalue weighted by Crippen LogP contribution is 2.34. The Morgan fingerprint density at radius 2 is 2.27 bits per heavy atom. The number of aliphatic hydroxyl groups excluding tert-OH is 1. The molecule has 0 radical (unpaired) electrons. The summed E-state index contributed by atoms with van der Waals surface area (Å²) in [5, 5.41) is 12.5. The molecule has 0 atom stereocenters. The van der Waals surface area contributed by atoms with Crippen LogP contribution in [0.1, 0.15) is 31.2 Å². The standard InChI is InChI=1S/C11H17NO2.ClH/c13-6-5-11(3-1-4-11)12-8-10-2-7-14-9-10;/h2,7,9,12-13H,1,3-6,8H2;1H. The Morgan fingerprint density at radius 1 is 1.47 bits per heavy atom. The van der Waals surface area contributed by atoms with Gasteiger partial charge in [0.2, 0.25) is 0 Å². The van der Waals surface area contributed by atoms with Crippen molar-refractivity contribution in [1.82, 2.24) is 5.32 Å². The number of furan rings is 1. The van der Waals surface area contributed by atoms with Crippen LogP contribution >= 0.6 is 12.4 Å². The number of hydrogen-bond acceptors (Lipinski definition) is 3. The molecule has 0 amide bonds. The van der Waals surface area contributed by atoms with Crippen LogP contribution in [-0.2, 0) is 6.54 Å². The van der Waals surface area contributed by atoms with Crippen molar-refractivity contribution < 1.29 is 9.52 Å². The summed E-state index contributed by atoms with van der Waals surface area (Å²) in [7, 11) is 0. The van der Waals surface area contributed by atoms with Crippen LogP contribution in [0.4, 0.5) is 0 Å². The van der Waals surface area contributed by atoms with Gasteiger partial charge in [-0.05, 0) is 31.7 Å². The summed E-state index contributed by atoms with van der Waals surface area (Å²) in [6.07, 6.45) is 7.97. The fourth-order valence-corrected chi connectivity index (χ4v) is 2.02. The van der Waals surface area contributed by atoms with E-state index in [4.69, 9.17) is 9.52 Å². The Labute approximate surface area is 96.3 Å². The average Bonchev–Trinajstić information content (AvgIpc) is 2.62. The molecule has 1 aromatic rings. The fourth-order valence-electron chi connectivity index (χ4n) is 2.02. The normalized spacial score (nSPS) is 17.9. The smallest absolute Gasteiger partial charge is 0.0947 e. The van der Waals surface area contributed by atoms with Gasteiger partial charge < -0.3 is 14.8 Å². The van der Waals surface area contributed by atoms with Crippen LogP contribution in [0.25, 0.3) is 0 Å². The molecule has 0 aliphatic heterocycles. The largest absolute Gasteiger partial charge is 0.472 e. The summed E-state index contributed by atoms with van der Waals surface area (Å²) in [6.45, 7) is 1.12. The van der Waals surface area contributed by atoms with Crippen LogP contribution in [0.3, 0.4) is 0 Å². The highest BCUT2D eigenvalue weighted by molar-refractivity contribution is 5.85. The third-order valence-electron chi connectivity index (χ3n) is 3.15. The fraction of sp³-hybridized carbons (Fsp3) is 0.636. The van der Waals surface area contributed by atoms with E-state index >= 15 is 0 Å². The first-order chi connectivity index (χ1) is 6.85. The minimum absolute atomic E-state index is 0. The van der Waals surface area contributed by atoms with E-state index in [0.29, 0.717) is 0 Å². The van der Waals surface area contributed by atoms with Crippen molar-refractivity contribution in [2.24, 2.45) is 0 Å². The van der Waals surface area contributed by atoms with E-state index in [-0.39, 0.29) is 24.6 Å². The van der Waals surface area contributed by atoms with Gasteiger partial charge in [0.15, 0.2) is 0 Å². The third kappa shape index (κ3) is 2.97. The zero-order chi connectivity index (χ0) is 9.86. The lowest BCUT2D eigenvalue weighted by Crippen LogP contribution is -2.51. The third-order valence-corrected chi connectivity index (χ3v) is 3.15. The van der Waals surface area contributed by atoms with Crippen molar-refractivity contribution in [1.29, 1.82) is 0 Å². The number of nitrogens with one attached hydrogen (secondary N) is 1. The van der Waals surface area contributed by atoms with Crippen molar-refractivity contribution in [3.05, 3.63) is 24.2 Å². The van der Waals surface area contributed by atoms with Gasteiger partial charge in [0.05, 0.1) is 12.5 Å². The average molecular weight is 232 g/mol. The SMILES string of the molecule is Cl.OCCC1(NCc2ccoc2)CCC1. The van der Waals surface area contributed by atoms with E-state index in [1.807, 2.05) is 6.07 Å². The van der Waals surface area contributed by atoms with Gasteiger partial charge in [-0.1, -0.05) is 0 Å². The molecule has 1 fully saturated rings. The molecule has 0 unspecified atom stereocenters. The van der Waals surface area contributed by atoms with Crippen LogP contribution in [0, 0.1) is 0 Å². The molecule has 1 aliphatic rings. The second kappa shape index (κ2) is 5.54. The highest BCUT2D eigenvalue weighted by atomic mass is 35.5. The molecule has 4 heteroatoms. The van der Waals surface area contributed by atoms with Crippen molar-refractivity contribution in [2.75, 3.05) is 6.61 Å². The van der Waals surface area contributed by atoms with Gasteiger partial charge in [-0.25, -0.2) is 0 Å². The van der Waals surface area contributed by atoms with Crippen molar-refractivity contribution in [2.45, 2.75) is 37.8 Å². The molecule has 0 bridgehead atoms. The summed E-state index contributed by atoms with van der Waals surface area (Å²) < 4.78 is 5.00. The molecule has 0 spiro atoms. The quantitative estimate of drug-likeness (QED) is 0.816. The summed E-state index contributed by atoms with van der Waals surface area (Å²) in [5.74, 6) is 0. The molecule has 1 aromatic heterocycles. The molecule has 1 saturated carbocycles. The first kappa shape index (κ1) is 12.6. The Kier molecular flexibility index (Phi) is 4.64. The molecule has 1 heterocycles. The molecule has 1 aliphatic carbocycles. The Bertz CT molecular complexity index is 270. The van der Waals surface area contributed by atoms with Gasteiger partial charge in [-0.15, -0.1) is 12.4 Å². The number of aliphatic hydroxyl groups is 1. The van der Waals surface area contributed by atoms with Gasteiger partial charge in [-0.3, -0.25) is 0 Å². The summed E-state index contributed by atoms with van der Waals surface area (Å²) in [5.41, 5.74) is 1.38. The van der Waals surface area contributed by atoms with E-state index in [9.17, 15) is 0 Å². The monoisotopic (exact) mass is 231 g/mol. The maximum Gasteiger partial charge on any atom is 0.0947 e. The van der Waals surface area contributed by atoms with Crippen LogP contribution < -0.4 is 5.32 Å². The van der Waals surface area contributed by atoms with E-state index < -0.39 is 0 Å². The predicted molar refractivity (Wildman–Crippen MR) is 61.1 cm³/mol. The summed E-state index contributed by atoms with van der Waals surface area (Å²) >= 11 is 0. The lowest BCUT2D eigenvalue weighted by molar-refractivity contribution is 0.130. The van der Waals surface area contributed by atoms with Crippen molar-refractivity contribution >= 4 is 12.4 Å². The second-order valence-electron chi connectivity index (χ2n) is 4.09. The van der Waals surface area contributed by atoms with Crippen LogP contribution in [0.15, 0.2) is 23.0 Å². The molecule has 2 N–H and O–H groups in total. The lowest BCUT2D eigenvalue weighted by Gasteiger charge is -2.42. The molecule has 0 saturated heterocycles. The van der Waals surface area contributed by atoms with Crippen LogP contribution in [-0.4, -0.2) is 17.3 Å². The Morgan fingerprint density at radius 3 is 2.73 bits per heavy atom. The first-order valence-electron chi connectivity index (χ1n) is 5.22. The first-order valence-corrected chi connectivity index (χ1v) is 5.22. The molecule has 2 rings (SSSR count).